The number of carboxylic acid groups (broad SMARTS) is 2. The molecule has 0 aliphatic rings. The van der Waals surface area contributed by atoms with E-state index in [2.05, 4.69) is 42.2 Å². The average Bonchev–Trinajstić information content (AvgIpc) is 3.33. The van der Waals surface area contributed by atoms with Crippen molar-refractivity contribution >= 4 is 71.1 Å². The van der Waals surface area contributed by atoms with Gasteiger partial charge in [0.25, 0.3) is 0 Å². The Balaban J connectivity index is 6.48. The maximum Gasteiger partial charge on any atom is 0.326 e. The Morgan fingerprint density at radius 2 is 0.959 bits per heavy atom. The lowest BCUT2D eigenvalue weighted by molar-refractivity contribution is -0.148. The number of rotatable bonds is 39. The number of primary amides is 1. The monoisotopic (exact) mass is 1060 g/mol. The lowest BCUT2D eigenvalue weighted by atomic mass is 9.96. The lowest BCUT2D eigenvalue weighted by Crippen LogP contribution is -2.61. The average molecular weight is 1060 g/mol. The van der Waals surface area contributed by atoms with E-state index in [1.165, 1.54) is 0 Å². The summed E-state index contributed by atoms with van der Waals surface area (Å²) in [7, 11) is 0. The Morgan fingerprint density at radius 3 is 1.41 bits per heavy atom. The zero-order chi connectivity index (χ0) is 56.7. The molecule has 0 bridgehead atoms. The van der Waals surface area contributed by atoms with E-state index >= 15 is 0 Å². The quantitative estimate of drug-likeness (QED) is 0.0155. The van der Waals surface area contributed by atoms with Crippen LogP contribution in [-0.4, -0.2) is 167 Å². The fraction of sp³-hybridized carbons (Fsp3) is 0.733. The molecule has 29 heteroatoms. The summed E-state index contributed by atoms with van der Waals surface area (Å²) < 4.78 is 0. The summed E-state index contributed by atoms with van der Waals surface area (Å²) in [6, 6.07) is -11.4. The van der Waals surface area contributed by atoms with Crippen molar-refractivity contribution in [2.45, 2.75) is 173 Å². The molecule has 0 aromatic carbocycles. The highest BCUT2D eigenvalue weighted by molar-refractivity contribution is 5.98. The van der Waals surface area contributed by atoms with Crippen molar-refractivity contribution in [2.75, 3.05) is 26.2 Å². The molecule has 0 aromatic rings. The maximum atomic E-state index is 14.0. The second-order valence-electron chi connectivity index (χ2n) is 18.1. The highest BCUT2D eigenvalue weighted by atomic mass is 16.4. The highest BCUT2D eigenvalue weighted by Gasteiger charge is 2.36. The largest absolute Gasteiger partial charge is 0.481 e. The third-order valence-corrected chi connectivity index (χ3v) is 11.9. The Kier molecular flexibility index (Phi) is 33.0. The van der Waals surface area contributed by atoms with Crippen molar-refractivity contribution in [1.82, 2.24) is 42.5 Å². The van der Waals surface area contributed by atoms with Gasteiger partial charge in [0.05, 0.1) is 25.1 Å². The van der Waals surface area contributed by atoms with Crippen LogP contribution in [0, 0.1) is 11.8 Å². The van der Waals surface area contributed by atoms with Crippen LogP contribution in [0.3, 0.4) is 0 Å². The van der Waals surface area contributed by atoms with Gasteiger partial charge < -0.3 is 92.3 Å². The van der Waals surface area contributed by atoms with Crippen LogP contribution >= 0.6 is 0 Å². The normalized spacial score (nSPS) is 15.5. The van der Waals surface area contributed by atoms with Gasteiger partial charge in [-0.1, -0.05) is 40.5 Å². The van der Waals surface area contributed by atoms with E-state index in [9.17, 15) is 63.0 Å². The number of aliphatic imine (C=N–C) groups is 1. The number of carbonyl (C=O) groups excluding carboxylic acids is 9. The van der Waals surface area contributed by atoms with Crippen LogP contribution in [0.4, 0.5) is 0 Å². The predicted molar refractivity (Wildman–Crippen MR) is 269 cm³/mol. The van der Waals surface area contributed by atoms with Gasteiger partial charge in [-0.25, -0.2) is 4.79 Å². The molecule has 0 saturated heterocycles. The summed E-state index contributed by atoms with van der Waals surface area (Å²) in [4.78, 5) is 147. The summed E-state index contributed by atoms with van der Waals surface area (Å²) in [5.41, 5.74) is 33.4. The van der Waals surface area contributed by atoms with Crippen LogP contribution in [0.2, 0.25) is 0 Å². The number of carbonyl (C=O) groups is 11. The van der Waals surface area contributed by atoms with E-state index in [1.807, 2.05) is 5.32 Å². The Bertz CT molecular complexity index is 1900. The molecule has 23 N–H and O–H groups in total. The first-order valence-corrected chi connectivity index (χ1v) is 24.8. The summed E-state index contributed by atoms with van der Waals surface area (Å²) in [5, 5.41) is 48.6. The van der Waals surface area contributed by atoms with Gasteiger partial charge in [0, 0.05) is 13.0 Å². The summed E-state index contributed by atoms with van der Waals surface area (Å²) in [5.74, 6) is -12.2. The molecule has 0 heterocycles. The van der Waals surface area contributed by atoms with E-state index in [0.29, 0.717) is 32.1 Å². The first-order chi connectivity index (χ1) is 34.7. The molecule has 29 nitrogen and oxygen atoms in total. The topological polar surface area (TPSA) is 513 Å². The van der Waals surface area contributed by atoms with Gasteiger partial charge in [0.1, 0.15) is 42.3 Å². The number of hydrogen-bond donors (Lipinski definition) is 17. The molecule has 0 aliphatic carbocycles. The molecule has 0 rings (SSSR count). The van der Waals surface area contributed by atoms with E-state index < -0.39 is 144 Å². The molecular formula is C45H83N15O14. The van der Waals surface area contributed by atoms with Crippen LogP contribution in [0.5, 0.6) is 0 Å². The zero-order valence-corrected chi connectivity index (χ0v) is 43.1. The molecule has 74 heavy (non-hydrogen) atoms. The number of hydrogen-bond acceptors (Lipinski definition) is 16. The molecule has 11 atom stereocenters. The zero-order valence-electron chi connectivity index (χ0n) is 43.1. The number of aliphatic hydroxyl groups excluding tert-OH is 1. The van der Waals surface area contributed by atoms with Gasteiger partial charge in [0.15, 0.2) is 5.96 Å². The molecule has 0 fully saturated rings. The van der Waals surface area contributed by atoms with Crippen LogP contribution in [-0.2, 0) is 52.7 Å². The maximum absolute atomic E-state index is 14.0. The van der Waals surface area contributed by atoms with Gasteiger partial charge in [-0.3, -0.25) is 52.9 Å². The molecule has 0 aromatic heterocycles. The Labute approximate surface area is 430 Å². The van der Waals surface area contributed by atoms with Crippen molar-refractivity contribution in [1.29, 1.82) is 0 Å². The van der Waals surface area contributed by atoms with Crippen molar-refractivity contribution in [2.24, 2.45) is 51.2 Å². The fourth-order valence-electron chi connectivity index (χ4n) is 6.99. The second-order valence-corrected chi connectivity index (χ2v) is 18.1. The number of aliphatic hydroxyl groups is 1. The van der Waals surface area contributed by atoms with Crippen molar-refractivity contribution in [3.63, 3.8) is 0 Å². The highest BCUT2D eigenvalue weighted by Crippen LogP contribution is 2.13. The summed E-state index contributed by atoms with van der Waals surface area (Å²) in [6.07, 6.45) is -0.621. The molecule has 0 spiro atoms. The number of guanidine groups is 1. The van der Waals surface area contributed by atoms with Crippen LogP contribution < -0.4 is 76.9 Å². The fourth-order valence-corrected chi connectivity index (χ4v) is 6.99. The van der Waals surface area contributed by atoms with E-state index in [1.54, 1.807) is 27.7 Å². The third kappa shape index (κ3) is 26.8. The lowest BCUT2D eigenvalue weighted by Gasteiger charge is -2.29. The first-order valence-electron chi connectivity index (χ1n) is 24.8. The molecule has 0 aliphatic heterocycles. The minimum atomic E-state index is -1.91. The predicted octanol–water partition coefficient (Wildman–Crippen LogP) is -5.57. The van der Waals surface area contributed by atoms with Crippen LogP contribution in [0.1, 0.15) is 118 Å². The van der Waals surface area contributed by atoms with Gasteiger partial charge in [-0.2, -0.15) is 0 Å². The SMILES string of the molecule is CC[C@H](C)[C@H](NC(=O)CNC(=O)[C@H](CCCN=C(N)N)NC(=O)[C@@H](NC(=O)[C@@H](N)CCC(N)=O)[C@@H](C)CC)C(=O)N[C@@H](CCCCN)C(=O)N[C@@H](CCCCN)C(=O)N[C@H](C(=O)N[C@@H](CC(=O)O)C(=O)O)[C@@H](C)O. The van der Waals surface area contributed by atoms with Crippen LogP contribution in [0.15, 0.2) is 4.99 Å². The molecule has 0 unspecified atom stereocenters. The first kappa shape index (κ1) is 67.3. The number of nitrogens with two attached hydrogens (primary N) is 6. The molecule has 9 amide bonds. The summed E-state index contributed by atoms with van der Waals surface area (Å²) in [6.45, 7) is 7.78. The summed E-state index contributed by atoms with van der Waals surface area (Å²) >= 11 is 0. The van der Waals surface area contributed by atoms with Gasteiger partial charge in [-0.05, 0) is 89.6 Å². The number of nitrogens with zero attached hydrogens (tertiary/aromatic N) is 1. The molecule has 422 valence electrons. The Morgan fingerprint density at radius 1 is 0.527 bits per heavy atom. The molecular weight excluding hydrogens is 975 g/mol. The van der Waals surface area contributed by atoms with E-state index in [-0.39, 0.29) is 70.5 Å². The number of aliphatic carboxylic acids is 2. The van der Waals surface area contributed by atoms with Gasteiger partial charge in [-0.15, -0.1) is 0 Å². The number of nitrogens with one attached hydrogen (secondary N) is 8. The Hall–Kier alpha value is -6.72. The second kappa shape index (κ2) is 36.2. The van der Waals surface area contributed by atoms with Gasteiger partial charge in [0.2, 0.25) is 53.2 Å². The molecule has 0 saturated carbocycles. The van der Waals surface area contributed by atoms with E-state index in [4.69, 9.17) is 39.5 Å². The van der Waals surface area contributed by atoms with Crippen molar-refractivity contribution in [3.05, 3.63) is 0 Å². The van der Waals surface area contributed by atoms with Crippen LogP contribution in [0.25, 0.3) is 0 Å². The minimum Gasteiger partial charge on any atom is -0.481 e. The minimum absolute atomic E-state index is 0.00195. The third-order valence-electron chi connectivity index (χ3n) is 11.9. The van der Waals surface area contributed by atoms with Crippen molar-refractivity contribution < 1.29 is 68.1 Å². The van der Waals surface area contributed by atoms with E-state index in [0.717, 1.165) is 6.92 Å². The van der Waals surface area contributed by atoms with Crippen molar-refractivity contribution in [3.8, 4) is 0 Å². The molecule has 0 radical (unpaired) electrons. The van der Waals surface area contributed by atoms with Gasteiger partial charge >= 0.3 is 11.9 Å². The number of carboxylic acids is 2. The number of amides is 9. The smallest absolute Gasteiger partial charge is 0.326 e. The standard InChI is InChI=1S/C45H83N15O14/c1-6-23(3)34(58-32(63)22-53-38(67)27(15-12-20-52-45(50)51)55-42(71)35(24(4)7-2)59-37(66)26(48)16-17-31(49)62)41(70)56-28(13-8-10-18-46)39(68)54-29(14-9-11-19-47)40(69)60-36(25(5)61)43(72)57-30(44(73)74)21-33(64)65/h23-30,34-36,61H,6-22,46-48H2,1-5H3,(H2,49,62)(H,53,67)(H,54,68)(H,55,71)(H,56,70)(H,57,72)(H,58,63)(H,59,66)(H,60,69)(H,64,65)(H,73,74)(H4,50,51,52)/t23-,24-,25+,26-,27-,28-,29-,30-,34-,35-,36-/m0/s1. The number of unbranched alkanes of at least 4 members (excludes halogenated alkanes) is 2.